The molecule has 0 aromatic rings. The Kier molecular flexibility index (Phi) is 5.84. The maximum Gasteiger partial charge on any atom is 0.408 e. The molecule has 0 aromatic heterocycles. The summed E-state index contributed by atoms with van der Waals surface area (Å²) in [6, 6.07) is -1.13. The number of ether oxygens (including phenoxy) is 1. The Morgan fingerprint density at radius 3 is 2.95 bits per heavy atom. The van der Waals surface area contributed by atoms with Crippen LogP contribution in [0.1, 0.15) is 19.3 Å². The zero-order valence-corrected chi connectivity index (χ0v) is 10.6. The molecule has 106 valence electrons. The summed E-state index contributed by atoms with van der Waals surface area (Å²) >= 11 is 0. The van der Waals surface area contributed by atoms with E-state index in [4.69, 9.17) is 5.11 Å². The largest absolute Gasteiger partial charge is 0.480 e. The molecule has 3 N–H and O–H groups in total. The molecule has 0 aliphatic carbocycles. The van der Waals surface area contributed by atoms with Crippen molar-refractivity contribution in [2.24, 2.45) is 5.92 Å². The molecule has 0 saturated carbocycles. The van der Waals surface area contributed by atoms with Crippen LogP contribution in [0.3, 0.4) is 0 Å². The molecule has 1 aliphatic rings. The highest BCUT2D eigenvalue weighted by atomic mass is 16.5. The molecule has 19 heavy (non-hydrogen) atoms. The van der Waals surface area contributed by atoms with Gasteiger partial charge in [0.15, 0.2) is 0 Å². The van der Waals surface area contributed by atoms with Gasteiger partial charge >= 0.3 is 12.1 Å². The van der Waals surface area contributed by atoms with Gasteiger partial charge in [0.05, 0.1) is 0 Å². The maximum atomic E-state index is 11.5. The Morgan fingerprint density at radius 2 is 2.37 bits per heavy atom. The van der Waals surface area contributed by atoms with E-state index in [-0.39, 0.29) is 18.9 Å². The number of rotatable bonds is 6. The van der Waals surface area contributed by atoms with Crippen LogP contribution in [0.5, 0.6) is 0 Å². The summed E-state index contributed by atoms with van der Waals surface area (Å²) in [5, 5.41) is 13.9. The van der Waals surface area contributed by atoms with Gasteiger partial charge in [-0.05, 0) is 19.3 Å². The van der Waals surface area contributed by atoms with E-state index in [1.54, 1.807) is 0 Å². The van der Waals surface area contributed by atoms with Gasteiger partial charge in [0.25, 0.3) is 0 Å². The zero-order valence-electron chi connectivity index (χ0n) is 10.6. The van der Waals surface area contributed by atoms with Crippen molar-refractivity contribution < 1.29 is 24.2 Å². The van der Waals surface area contributed by atoms with Crippen LogP contribution >= 0.6 is 0 Å². The summed E-state index contributed by atoms with van der Waals surface area (Å²) in [6.07, 6.45) is 2.04. The molecule has 1 rings (SSSR count). The number of alkyl carbamates (subject to hydrolysis) is 1. The maximum absolute atomic E-state index is 11.5. The minimum absolute atomic E-state index is 0.00207. The van der Waals surface area contributed by atoms with E-state index in [0.717, 1.165) is 6.42 Å². The van der Waals surface area contributed by atoms with Gasteiger partial charge in [-0.25, -0.2) is 9.59 Å². The van der Waals surface area contributed by atoms with E-state index in [1.807, 2.05) is 0 Å². The molecular weight excluding hydrogens is 252 g/mol. The van der Waals surface area contributed by atoms with E-state index in [2.05, 4.69) is 21.9 Å². The molecule has 1 saturated heterocycles. The molecule has 0 aromatic carbocycles. The molecule has 1 fully saturated rings. The molecule has 0 bridgehead atoms. The molecule has 1 aliphatic heterocycles. The minimum atomic E-state index is -1.19. The minimum Gasteiger partial charge on any atom is -0.480 e. The Morgan fingerprint density at radius 1 is 1.63 bits per heavy atom. The van der Waals surface area contributed by atoms with Gasteiger partial charge in [0.2, 0.25) is 5.91 Å². The predicted molar refractivity (Wildman–Crippen MR) is 66.5 cm³/mol. The molecule has 2 atom stereocenters. The summed E-state index contributed by atoms with van der Waals surface area (Å²) in [7, 11) is 0. The Balaban J connectivity index is 2.52. The monoisotopic (exact) mass is 270 g/mol. The SMILES string of the molecule is C=CCOC(=O)NC(CC1CCCNC1=O)C(=O)O. The quantitative estimate of drug-likeness (QED) is 0.601. The first kappa shape index (κ1) is 15.0. The fourth-order valence-electron chi connectivity index (χ4n) is 1.88. The van der Waals surface area contributed by atoms with Gasteiger partial charge in [-0.15, -0.1) is 0 Å². The van der Waals surface area contributed by atoms with Gasteiger partial charge in [-0.2, -0.15) is 0 Å². The van der Waals surface area contributed by atoms with Gasteiger partial charge in [0.1, 0.15) is 12.6 Å². The fourth-order valence-corrected chi connectivity index (χ4v) is 1.88. The molecule has 0 spiro atoms. The van der Waals surface area contributed by atoms with Crippen LogP contribution in [0.2, 0.25) is 0 Å². The molecule has 2 unspecified atom stereocenters. The fraction of sp³-hybridized carbons (Fsp3) is 0.583. The van der Waals surface area contributed by atoms with Crippen LogP contribution in [0.25, 0.3) is 0 Å². The first-order valence-corrected chi connectivity index (χ1v) is 6.09. The smallest absolute Gasteiger partial charge is 0.408 e. The molecule has 1 heterocycles. The summed E-state index contributed by atoms with van der Waals surface area (Å²) in [5.74, 6) is -1.75. The number of nitrogens with one attached hydrogen (secondary N) is 2. The van der Waals surface area contributed by atoms with Crippen LogP contribution in [0.15, 0.2) is 12.7 Å². The van der Waals surface area contributed by atoms with Crippen LogP contribution in [0.4, 0.5) is 4.79 Å². The molecule has 0 radical (unpaired) electrons. The molecule has 7 heteroatoms. The summed E-state index contributed by atoms with van der Waals surface area (Å²) < 4.78 is 4.66. The second-order valence-electron chi connectivity index (χ2n) is 4.29. The van der Waals surface area contributed by atoms with Crippen molar-refractivity contribution in [1.82, 2.24) is 10.6 Å². The Labute approximate surface area is 111 Å². The number of amides is 2. The van der Waals surface area contributed by atoms with Crippen molar-refractivity contribution in [3.63, 3.8) is 0 Å². The lowest BCUT2D eigenvalue weighted by Gasteiger charge is -2.24. The normalized spacial score (nSPS) is 20.0. The lowest BCUT2D eigenvalue weighted by molar-refractivity contribution is -0.140. The lowest BCUT2D eigenvalue weighted by Crippen LogP contribution is -2.46. The number of carboxylic acid groups (broad SMARTS) is 1. The third-order valence-electron chi connectivity index (χ3n) is 2.84. The van der Waals surface area contributed by atoms with Crippen molar-refractivity contribution in [1.29, 1.82) is 0 Å². The van der Waals surface area contributed by atoms with E-state index in [1.165, 1.54) is 6.08 Å². The van der Waals surface area contributed by atoms with Gasteiger partial charge in [-0.3, -0.25) is 4.79 Å². The number of hydrogen-bond acceptors (Lipinski definition) is 4. The van der Waals surface area contributed by atoms with Gasteiger partial charge in [0, 0.05) is 12.5 Å². The average molecular weight is 270 g/mol. The van der Waals surface area contributed by atoms with Crippen molar-refractivity contribution >= 4 is 18.0 Å². The first-order valence-electron chi connectivity index (χ1n) is 6.09. The van der Waals surface area contributed by atoms with Gasteiger partial charge in [-0.1, -0.05) is 12.7 Å². The summed E-state index contributed by atoms with van der Waals surface area (Å²) in [5.41, 5.74) is 0. The molecule has 2 amide bonds. The standard InChI is InChI=1S/C12H18N2O5/c1-2-6-19-12(18)14-9(11(16)17)7-8-4-3-5-13-10(8)15/h2,8-9H,1,3-7H2,(H,13,15)(H,14,18)(H,16,17). The van der Waals surface area contributed by atoms with E-state index < -0.39 is 24.0 Å². The third kappa shape index (κ3) is 4.99. The number of hydrogen-bond donors (Lipinski definition) is 3. The summed E-state index contributed by atoms with van der Waals surface area (Å²) in [6.45, 7) is 3.99. The van der Waals surface area contributed by atoms with E-state index in [0.29, 0.717) is 13.0 Å². The summed E-state index contributed by atoms with van der Waals surface area (Å²) in [4.78, 5) is 33.9. The van der Waals surface area contributed by atoms with Crippen molar-refractivity contribution in [2.75, 3.05) is 13.2 Å². The average Bonchev–Trinajstić information content (AvgIpc) is 2.38. The first-order chi connectivity index (χ1) is 9.04. The number of carbonyl (C=O) groups is 3. The highest BCUT2D eigenvalue weighted by Gasteiger charge is 2.30. The number of aliphatic carboxylic acids is 1. The second-order valence-corrected chi connectivity index (χ2v) is 4.29. The van der Waals surface area contributed by atoms with Crippen molar-refractivity contribution in [3.05, 3.63) is 12.7 Å². The van der Waals surface area contributed by atoms with Crippen LogP contribution < -0.4 is 10.6 Å². The number of piperidine rings is 1. The van der Waals surface area contributed by atoms with Crippen LogP contribution in [0, 0.1) is 5.92 Å². The third-order valence-corrected chi connectivity index (χ3v) is 2.84. The second kappa shape index (κ2) is 7.40. The van der Waals surface area contributed by atoms with E-state index in [9.17, 15) is 14.4 Å². The number of carbonyl (C=O) groups excluding carboxylic acids is 2. The van der Waals surface area contributed by atoms with E-state index >= 15 is 0 Å². The molecular formula is C12H18N2O5. The zero-order chi connectivity index (χ0) is 14.3. The van der Waals surface area contributed by atoms with Crippen molar-refractivity contribution in [2.45, 2.75) is 25.3 Å². The lowest BCUT2D eigenvalue weighted by atomic mass is 9.91. The van der Waals surface area contributed by atoms with Crippen molar-refractivity contribution in [3.8, 4) is 0 Å². The van der Waals surface area contributed by atoms with Crippen LogP contribution in [-0.4, -0.2) is 42.3 Å². The Hall–Kier alpha value is -2.05. The number of carboxylic acids is 1. The highest BCUT2D eigenvalue weighted by Crippen LogP contribution is 2.17. The predicted octanol–water partition coefficient (Wildman–Crippen LogP) is 0.268. The topological polar surface area (TPSA) is 105 Å². The highest BCUT2D eigenvalue weighted by molar-refractivity contribution is 5.83. The molecule has 7 nitrogen and oxygen atoms in total. The van der Waals surface area contributed by atoms with Gasteiger partial charge < -0.3 is 20.5 Å². The Bertz CT molecular complexity index is 369. The van der Waals surface area contributed by atoms with Crippen LogP contribution in [-0.2, 0) is 14.3 Å².